The normalized spacial score (nSPS) is 14.1. The Morgan fingerprint density at radius 2 is 1.77 bits per heavy atom. The van der Waals surface area contributed by atoms with Crippen molar-refractivity contribution in [2.75, 3.05) is 6.54 Å². The highest BCUT2D eigenvalue weighted by atomic mass is 16.2. The van der Waals surface area contributed by atoms with Crippen molar-refractivity contribution in [1.82, 2.24) is 14.9 Å². The maximum absolute atomic E-state index is 12.8. The predicted molar refractivity (Wildman–Crippen MR) is 104 cm³/mol. The Balaban J connectivity index is 1.32. The molecule has 0 aliphatic carbocycles. The van der Waals surface area contributed by atoms with Crippen LogP contribution in [0.3, 0.4) is 0 Å². The number of nitrogens with zero attached hydrogens (tertiary/aromatic N) is 1. The summed E-state index contributed by atoms with van der Waals surface area (Å²) in [5.74, 6) is 0.242. The number of aryl methyl sites for hydroxylation is 1. The van der Waals surface area contributed by atoms with Crippen molar-refractivity contribution in [2.45, 2.75) is 25.8 Å². The monoisotopic (exact) mass is 343 g/mol. The Morgan fingerprint density at radius 3 is 2.65 bits per heavy atom. The molecule has 5 rings (SSSR count). The van der Waals surface area contributed by atoms with Gasteiger partial charge in [0.05, 0.1) is 0 Å². The molecule has 2 aromatic heterocycles. The van der Waals surface area contributed by atoms with Gasteiger partial charge in [-0.25, -0.2) is 0 Å². The molecule has 2 aromatic carbocycles. The largest absolute Gasteiger partial charge is 0.361 e. The molecule has 0 bridgehead atoms. The zero-order valence-corrected chi connectivity index (χ0v) is 14.6. The Hall–Kier alpha value is -3.01. The lowest BCUT2D eigenvalue weighted by Gasteiger charge is -2.27. The number of amides is 1. The van der Waals surface area contributed by atoms with Gasteiger partial charge in [0, 0.05) is 65.2 Å². The molecule has 3 heterocycles. The molecule has 0 spiro atoms. The Morgan fingerprint density at radius 1 is 1.00 bits per heavy atom. The van der Waals surface area contributed by atoms with Crippen LogP contribution in [0.15, 0.2) is 54.7 Å². The fourth-order valence-electron chi connectivity index (χ4n) is 4.12. The van der Waals surface area contributed by atoms with Gasteiger partial charge in [-0.15, -0.1) is 0 Å². The van der Waals surface area contributed by atoms with Gasteiger partial charge in [0.1, 0.15) is 0 Å². The minimum absolute atomic E-state index is 0.242. The average molecular weight is 343 g/mol. The van der Waals surface area contributed by atoms with E-state index < -0.39 is 0 Å². The minimum Gasteiger partial charge on any atom is -0.361 e. The second-order valence-electron chi connectivity index (χ2n) is 7.05. The second kappa shape index (κ2) is 6.06. The maximum atomic E-state index is 12.8. The van der Waals surface area contributed by atoms with Crippen molar-refractivity contribution in [3.8, 4) is 0 Å². The van der Waals surface area contributed by atoms with Crippen LogP contribution in [-0.4, -0.2) is 27.3 Å². The van der Waals surface area contributed by atoms with E-state index in [4.69, 9.17) is 0 Å². The van der Waals surface area contributed by atoms with Gasteiger partial charge in [0.2, 0.25) is 5.91 Å². The Kier molecular flexibility index (Phi) is 3.56. The first kappa shape index (κ1) is 15.3. The molecule has 1 aliphatic heterocycles. The van der Waals surface area contributed by atoms with Crippen LogP contribution in [0, 0.1) is 0 Å². The first-order chi connectivity index (χ1) is 12.8. The van der Waals surface area contributed by atoms with Gasteiger partial charge >= 0.3 is 0 Å². The van der Waals surface area contributed by atoms with Crippen molar-refractivity contribution in [2.24, 2.45) is 0 Å². The molecule has 4 nitrogen and oxygen atoms in total. The summed E-state index contributed by atoms with van der Waals surface area (Å²) in [5, 5.41) is 2.47. The molecular weight excluding hydrogens is 322 g/mol. The van der Waals surface area contributed by atoms with Crippen LogP contribution < -0.4 is 0 Å². The van der Waals surface area contributed by atoms with E-state index in [1.54, 1.807) is 0 Å². The van der Waals surface area contributed by atoms with Crippen LogP contribution in [0.4, 0.5) is 0 Å². The zero-order valence-electron chi connectivity index (χ0n) is 14.6. The topological polar surface area (TPSA) is 51.9 Å². The lowest BCUT2D eigenvalue weighted by atomic mass is 10.0. The van der Waals surface area contributed by atoms with E-state index in [2.05, 4.69) is 46.4 Å². The van der Waals surface area contributed by atoms with Crippen LogP contribution >= 0.6 is 0 Å². The highest BCUT2D eigenvalue weighted by Gasteiger charge is 2.23. The van der Waals surface area contributed by atoms with Crippen LogP contribution in [0.25, 0.3) is 21.8 Å². The minimum atomic E-state index is 0.242. The van der Waals surface area contributed by atoms with E-state index in [0.29, 0.717) is 13.0 Å². The predicted octanol–water partition coefficient (Wildman–Crippen LogP) is 4.17. The molecule has 0 unspecified atom stereocenters. The molecule has 4 heteroatoms. The molecule has 130 valence electrons. The van der Waals surface area contributed by atoms with E-state index in [0.717, 1.165) is 24.9 Å². The number of aromatic nitrogens is 2. The van der Waals surface area contributed by atoms with E-state index in [9.17, 15) is 4.79 Å². The third-order valence-corrected chi connectivity index (χ3v) is 5.52. The van der Waals surface area contributed by atoms with Crippen molar-refractivity contribution < 1.29 is 4.79 Å². The van der Waals surface area contributed by atoms with Gasteiger partial charge in [-0.3, -0.25) is 4.79 Å². The number of hydrogen-bond acceptors (Lipinski definition) is 1. The van der Waals surface area contributed by atoms with Crippen molar-refractivity contribution in [3.05, 3.63) is 71.5 Å². The van der Waals surface area contributed by atoms with Crippen LogP contribution in [0.5, 0.6) is 0 Å². The number of fused-ring (bicyclic) bond motifs is 4. The highest BCUT2D eigenvalue weighted by molar-refractivity contribution is 5.87. The third kappa shape index (κ3) is 2.49. The molecule has 0 atom stereocenters. The Bertz CT molecular complexity index is 1100. The lowest BCUT2D eigenvalue weighted by molar-refractivity contribution is -0.132. The second-order valence-corrected chi connectivity index (χ2v) is 7.05. The number of nitrogens with one attached hydrogen (secondary N) is 2. The van der Waals surface area contributed by atoms with Crippen LogP contribution in [0.1, 0.15) is 23.2 Å². The van der Waals surface area contributed by atoms with Gasteiger partial charge < -0.3 is 14.9 Å². The molecule has 1 aliphatic rings. The number of H-pyrrole nitrogens is 2. The van der Waals surface area contributed by atoms with E-state index >= 15 is 0 Å². The summed E-state index contributed by atoms with van der Waals surface area (Å²) in [6.45, 7) is 1.51. The summed E-state index contributed by atoms with van der Waals surface area (Å²) in [7, 11) is 0. The number of aromatic amines is 2. The van der Waals surface area contributed by atoms with Gasteiger partial charge in [-0.2, -0.15) is 0 Å². The number of benzene rings is 2. The number of carbonyl (C=O) groups is 1. The maximum Gasteiger partial charge on any atom is 0.223 e. The molecular formula is C22H21N3O. The number of hydrogen-bond donors (Lipinski definition) is 2. The van der Waals surface area contributed by atoms with Crippen molar-refractivity contribution in [3.63, 3.8) is 0 Å². The highest BCUT2D eigenvalue weighted by Crippen LogP contribution is 2.28. The fourth-order valence-corrected chi connectivity index (χ4v) is 4.12. The number of para-hydroxylation sites is 2. The third-order valence-electron chi connectivity index (χ3n) is 5.52. The molecule has 0 saturated heterocycles. The van der Waals surface area contributed by atoms with Gasteiger partial charge in [0.25, 0.3) is 0 Å². The summed E-state index contributed by atoms with van der Waals surface area (Å²) >= 11 is 0. The molecule has 0 radical (unpaired) electrons. The summed E-state index contributed by atoms with van der Waals surface area (Å²) in [5.41, 5.74) is 6.10. The first-order valence-electron chi connectivity index (χ1n) is 9.21. The summed E-state index contributed by atoms with van der Waals surface area (Å²) in [6, 6.07) is 16.6. The van der Waals surface area contributed by atoms with Crippen molar-refractivity contribution in [1.29, 1.82) is 0 Å². The van der Waals surface area contributed by atoms with E-state index in [1.807, 2.05) is 23.2 Å². The molecule has 0 fully saturated rings. The van der Waals surface area contributed by atoms with Gasteiger partial charge in [-0.05, 0) is 24.1 Å². The van der Waals surface area contributed by atoms with Gasteiger partial charge in [-0.1, -0.05) is 36.4 Å². The molecule has 1 amide bonds. The quantitative estimate of drug-likeness (QED) is 0.576. The van der Waals surface area contributed by atoms with Crippen molar-refractivity contribution >= 4 is 27.7 Å². The lowest BCUT2D eigenvalue weighted by Crippen LogP contribution is -2.35. The molecule has 0 saturated carbocycles. The summed E-state index contributed by atoms with van der Waals surface area (Å²) in [6.07, 6.45) is 4.27. The van der Waals surface area contributed by atoms with E-state index in [1.165, 1.54) is 33.1 Å². The molecule has 4 aromatic rings. The van der Waals surface area contributed by atoms with Crippen LogP contribution in [-0.2, 0) is 24.2 Å². The standard InChI is InChI=1S/C22H21N3O/c26-22(10-9-15-13-23-19-7-3-1-5-16(15)19)25-12-11-21-18(14-25)17-6-2-4-8-20(17)24-21/h1-8,13,23-24H,9-12,14H2. The fraction of sp³-hybridized carbons (Fsp3) is 0.227. The zero-order chi connectivity index (χ0) is 17.5. The smallest absolute Gasteiger partial charge is 0.223 e. The first-order valence-corrected chi connectivity index (χ1v) is 9.21. The SMILES string of the molecule is O=C(CCc1c[nH]c2ccccc12)N1CCc2[nH]c3ccccc3c2C1. The molecule has 2 N–H and O–H groups in total. The van der Waals surface area contributed by atoms with Gasteiger partial charge in [0.15, 0.2) is 0 Å². The molecule has 26 heavy (non-hydrogen) atoms. The average Bonchev–Trinajstić information content (AvgIpc) is 3.27. The summed E-state index contributed by atoms with van der Waals surface area (Å²) < 4.78 is 0. The number of carbonyl (C=O) groups excluding carboxylic acids is 1. The summed E-state index contributed by atoms with van der Waals surface area (Å²) in [4.78, 5) is 21.6. The van der Waals surface area contributed by atoms with E-state index in [-0.39, 0.29) is 5.91 Å². The van der Waals surface area contributed by atoms with Crippen LogP contribution in [0.2, 0.25) is 0 Å². The Labute approximate surface area is 151 Å². The number of rotatable bonds is 3.